The fourth-order valence-corrected chi connectivity index (χ4v) is 1.73. The van der Waals surface area contributed by atoms with Crippen LogP contribution in [0.2, 0.25) is 0 Å². The van der Waals surface area contributed by atoms with Crippen molar-refractivity contribution in [3.63, 3.8) is 0 Å². The van der Waals surface area contributed by atoms with Gasteiger partial charge in [-0.15, -0.1) is 0 Å². The third-order valence-electron chi connectivity index (χ3n) is 3.00. The molecule has 1 rings (SSSR count). The van der Waals surface area contributed by atoms with Crippen molar-refractivity contribution in [1.82, 2.24) is 10.2 Å². The molecule has 1 saturated carbocycles. The van der Waals surface area contributed by atoms with Crippen molar-refractivity contribution < 1.29 is 4.74 Å². The Bertz CT molecular complexity index is 181. The van der Waals surface area contributed by atoms with Gasteiger partial charge in [-0.05, 0) is 39.3 Å². The highest BCUT2D eigenvalue weighted by Crippen LogP contribution is 2.24. The summed E-state index contributed by atoms with van der Waals surface area (Å²) in [7, 11) is 2.20. The van der Waals surface area contributed by atoms with E-state index in [1.165, 1.54) is 12.8 Å². The number of ether oxygens (including phenoxy) is 1. The average Bonchev–Trinajstić information content (AvgIpc) is 2.99. The summed E-state index contributed by atoms with van der Waals surface area (Å²) in [4.78, 5) is 2.41. The molecule has 16 heavy (non-hydrogen) atoms. The third kappa shape index (κ3) is 6.46. The van der Waals surface area contributed by atoms with E-state index in [0.717, 1.165) is 32.3 Å². The van der Waals surface area contributed by atoms with Crippen molar-refractivity contribution in [2.24, 2.45) is 5.92 Å². The summed E-state index contributed by atoms with van der Waals surface area (Å²) in [5, 5.41) is 3.42. The summed E-state index contributed by atoms with van der Waals surface area (Å²) < 4.78 is 5.77. The lowest BCUT2D eigenvalue weighted by atomic mass is 10.2. The number of hydrogen-bond donors (Lipinski definition) is 1. The Labute approximate surface area is 101 Å². The monoisotopic (exact) mass is 228 g/mol. The molecule has 96 valence electrons. The SMILES string of the molecule is CC(C)CNCC(C)OCCN(C)C1CC1. The average molecular weight is 228 g/mol. The lowest BCUT2D eigenvalue weighted by molar-refractivity contribution is 0.0512. The zero-order valence-corrected chi connectivity index (χ0v) is 11.3. The number of nitrogens with one attached hydrogen (secondary N) is 1. The van der Waals surface area contributed by atoms with Crippen LogP contribution in [0.1, 0.15) is 33.6 Å². The smallest absolute Gasteiger partial charge is 0.0672 e. The molecule has 0 radical (unpaired) electrons. The summed E-state index contributed by atoms with van der Waals surface area (Å²) in [6.45, 7) is 10.6. The Hall–Kier alpha value is -0.120. The standard InChI is InChI=1S/C13H28N2O/c1-11(2)9-14-10-12(3)16-8-7-15(4)13-5-6-13/h11-14H,5-10H2,1-4H3. The summed E-state index contributed by atoms with van der Waals surface area (Å²) in [6.07, 6.45) is 3.08. The van der Waals surface area contributed by atoms with Crippen LogP contribution in [0.4, 0.5) is 0 Å². The molecule has 0 aliphatic heterocycles. The third-order valence-corrected chi connectivity index (χ3v) is 3.00. The van der Waals surface area contributed by atoms with Gasteiger partial charge in [0.1, 0.15) is 0 Å². The molecule has 0 bridgehead atoms. The Morgan fingerprint density at radius 3 is 2.50 bits per heavy atom. The van der Waals surface area contributed by atoms with Gasteiger partial charge in [-0.2, -0.15) is 0 Å². The Morgan fingerprint density at radius 2 is 1.94 bits per heavy atom. The van der Waals surface area contributed by atoms with Gasteiger partial charge in [0.2, 0.25) is 0 Å². The van der Waals surface area contributed by atoms with Gasteiger partial charge in [0, 0.05) is 19.1 Å². The van der Waals surface area contributed by atoms with Gasteiger partial charge < -0.3 is 15.0 Å². The van der Waals surface area contributed by atoms with E-state index in [-0.39, 0.29) is 0 Å². The molecule has 1 fully saturated rings. The van der Waals surface area contributed by atoms with Crippen LogP contribution in [0, 0.1) is 5.92 Å². The van der Waals surface area contributed by atoms with Gasteiger partial charge in [-0.1, -0.05) is 13.8 Å². The minimum absolute atomic E-state index is 0.325. The quantitative estimate of drug-likeness (QED) is 0.650. The van der Waals surface area contributed by atoms with Gasteiger partial charge >= 0.3 is 0 Å². The van der Waals surface area contributed by atoms with Crippen LogP contribution in [-0.4, -0.2) is 50.3 Å². The molecule has 3 heteroatoms. The number of rotatable bonds is 9. The molecule has 0 heterocycles. The minimum Gasteiger partial charge on any atom is -0.376 e. The normalized spacial score (nSPS) is 18.4. The summed E-state index contributed by atoms with van der Waals surface area (Å²) in [6, 6.07) is 0.845. The van der Waals surface area contributed by atoms with Gasteiger partial charge in [0.05, 0.1) is 12.7 Å². The van der Waals surface area contributed by atoms with Crippen molar-refractivity contribution in [2.45, 2.75) is 45.8 Å². The lowest BCUT2D eigenvalue weighted by Crippen LogP contribution is -2.32. The number of likely N-dealkylation sites (N-methyl/N-ethyl adjacent to an activating group) is 1. The molecule has 1 aliphatic rings. The Balaban J connectivity index is 1.90. The van der Waals surface area contributed by atoms with Crippen LogP contribution in [0.5, 0.6) is 0 Å². The highest BCUT2D eigenvalue weighted by molar-refractivity contribution is 4.82. The van der Waals surface area contributed by atoms with Crippen molar-refractivity contribution >= 4 is 0 Å². The molecule has 1 aliphatic carbocycles. The van der Waals surface area contributed by atoms with Crippen molar-refractivity contribution in [1.29, 1.82) is 0 Å². The fourth-order valence-electron chi connectivity index (χ4n) is 1.73. The Morgan fingerprint density at radius 1 is 1.25 bits per heavy atom. The van der Waals surface area contributed by atoms with Crippen LogP contribution >= 0.6 is 0 Å². The highest BCUT2D eigenvalue weighted by atomic mass is 16.5. The fraction of sp³-hybridized carbons (Fsp3) is 1.00. The van der Waals surface area contributed by atoms with E-state index < -0.39 is 0 Å². The molecule has 0 aromatic heterocycles. The molecule has 0 amide bonds. The highest BCUT2D eigenvalue weighted by Gasteiger charge is 2.25. The minimum atomic E-state index is 0.325. The zero-order chi connectivity index (χ0) is 12.0. The van der Waals surface area contributed by atoms with Crippen molar-refractivity contribution in [3.05, 3.63) is 0 Å². The van der Waals surface area contributed by atoms with Crippen LogP contribution < -0.4 is 5.32 Å². The van der Waals surface area contributed by atoms with E-state index in [9.17, 15) is 0 Å². The number of nitrogens with zero attached hydrogens (tertiary/aromatic N) is 1. The van der Waals surface area contributed by atoms with Crippen molar-refractivity contribution in [2.75, 3.05) is 33.3 Å². The van der Waals surface area contributed by atoms with Crippen LogP contribution in [0.3, 0.4) is 0 Å². The predicted octanol–water partition coefficient (Wildman–Crippen LogP) is 1.73. The van der Waals surface area contributed by atoms with Crippen LogP contribution in [-0.2, 0) is 4.74 Å². The summed E-state index contributed by atoms with van der Waals surface area (Å²) >= 11 is 0. The molecule has 1 atom stereocenters. The first-order valence-corrected chi connectivity index (χ1v) is 6.62. The molecule has 1 N–H and O–H groups in total. The van der Waals surface area contributed by atoms with E-state index in [4.69, 9.17) is 4.74 Å². The van der Waals surface area contributed by atoms with E-state index in [2.05, 4.69) is 38.0 Å². The van der Waals surface area contributed by atoms with Crippen molar-refractivity contribution in [3.8, 4) is 0 Å². The predicted molar refractivity (Wildman–Crippen MR) is 68.8 cm³/mol. The van der Waals surface area contributed by atoms with E-state index in [1.54, 1.807) is 0 Å². The molecule has 0 saturated heterocycles. The molecule has 3 nitrogen and oxygen atoms in total. The molecule has 1 unspecified atom stereocenters. The second-order valence-electron chi connectivity index (χ2n) is 5.45. The Kier molecular flexibility index (Phi) is 6.32. The van der Waals surface area contributed by atoms with E-state index >= 15 is 0 Å². The second-order valence-corrected chi connectivity index (χ2v) is 5.45. The first kappa shape index (κ1) is 13.9. The summed E-state index contributed by atoms with van der Waals surface area (Å²) in [5.74, 6) is 0.716. The zero-order valence-electron chi connectivity index (χ0n) is 11.3. The van der Waals surface area contributed by atoms with E-state index in [0.29, 0.717) is 12.0 Å². The van der Waals surface area contributed by atoms with Gasteiger partial charge in [0.25, 0.3) is 0 Å². The topological polar surface area (TPSA) is 24.5 Å². The number of hydrogen-bond acceptors (Lipinski definition) is 3. The van der Waals surface area contributed by atoms with Crippen LogP contribution in [0.15, 0.2) is 0 Å². The maximum absolute atomic E-state index is 5.77. The largest absolute Gasteiger partial charge is 0.376 e. The molecular weight excluding hydrogens is 200 g/mol. The lowest BCUT2D eigenvalue weighted by Gasteiger charge is -2.19. The molecule has 0 spiro atoms. The molecular formula is C13H28N2O. The van der Waals surface area contributed by atoms with Crippen LogP contribution in [0.25, 0.3) is 0 Å². The molecule has 0 aromatic carbocycles. The summed E-state index contributed by atoms with van der Waals surface area (Å²) in [5.41, 5.74) is 0. The van der Waals surface area contributed by atoms with E-state index in [1.807, 2.05) is 0 Å². The van der Waals surface area contributed by atoms with Gasteiger partial charge in [0.15, 0.2) is 0 Å². The molecule has 0 aromatic rings. The maximum Gasteiger partial charge on any atom is 0.0672 e. The maximum atomic E-state index is 5.77. The van der Waals surface area contributed by atoms with Gasteiger partial charge in [-0.3, -0.25) is 0 Å². The first-order valence-electron chi connectivity index (χ1n) is 6.62. The van der Waals surface area contributed by atoms with Gasteiger partial charge in [-0.25, -0.2) is 0 Å². The first-order chi connectivity index (χ1) is 7.59. The second kappa shape index (κ2) is 7.25.